The van der Waals surface area contributed by atoms with Crippen LogP contribution in [-0.2, 0) is 11.2 Å². The van der Waals surface area contributed by atoms with E-state index in [4.69, 9.17) is 4.42 Å². The van der Waals surface area contributed by atoms with Gasteiger partial charge in [-0.1, -0.05) is 36.4 Å². The molecule has 0 bridgehead atoms. The largest absolute Gasteiger partial charge is 0.418 e. The first-order chi connectivity index (χ1) is 15.1. The van der Waals surface area contributed by atoms with Crippen LogP contribution in [0.2, 0.25) is 0 Å². The van der Waals surface area contributed by atoms with E-state index in [0.717, 1.165) is 34.3 Å². The molecule has 4 aromatic rings. The molecule has 3 heterocycles. The molecule has 0 N–H and O–H groups in total. The molecule has 0 spiro atoms. The molecule has 31 heavy (non-hydrogen) atoms. The minimum absolute atomic E-state index is 0.0878. The average molecular weight is 433 g/mol. The van der Waals surface area contributed by atoms with Gasteiger partial charge in [0.05, 0.1) is 10.2 Å². The molecule has 1 aliphatic heterocycles. The first-order valence-electron chi connectivity index (χ1n) is 10.2. The van der Waals surface area contributed by atoms with Gasteiger partial charge in [-0.25, -0.2) is 4.98 Å². The molecule has 1 aliphatic rings. The second-order valence-corrected chi connectivity index (χ2v) is 8.54. The molecule has 1 fully saturated rings. The summed E-state index contributed by atoms with van der Waals surface area (Å²) in [5.41, 5.74) is 2.93. The summed E-state index contributed by atoms with van der Waals surface area (Å²) in [6, 6.07) is 16.0. The van der Waals surface area contributed by atoms with Crippen molar-refractivity contribution in [1.29, 1.82) is 0 Å². The van der Waals surface area contributed by atoms with Crippen molar-refractivity contribution < 1.29 is 14.0 Å². The van der Waals surface area contributed by atoms with E-state index >= 15 is 0 Å². The Morgan fingerprint density at radius 1 is 1.16 bits per heavy atom. The van der Waals surface area contributed by atoms with Gasteiger partial charge in [0.1, 0.15) is 0 Å². The van der Waals surface area contributed by atoms with E-state index in [2.05, 4.69) is 15.2 Å². The zero-order chi connectivity index (χ0) is 21.4. The number of carbonyl (C=O) groups excluding carboxylic acids is 2. The third-order valence-corrected chi connectivity index (χ3v) is 6.58. The maximum Gasteiger partial charge on any atom is 0.291 e. The average Bonchev–Trinajstić information content (AvgIpc) is 3.52. The van der Waals surface area contributed by atoms with Crippen molar-refractivity contribution in [3.8, 4) is 11.1 Å². The van der Waals surface area contributed by atoms with E-state index in [9.17, 15) is 9.59 Å². The van der Waals surface area contributed by atoms with Crippen LogP contribution in [-0.4, -0.2) is 44.9 Å². The van der Waals surface area contributed by atoms with Gasteiger partial charge in [-0.2, -0.15) is 0 Å². The number of hydrogen-bond donors (Lipinski definition) is 0. The van der Waals surface area contributed by atoms with Crippen molar-refractivity contribution >= 4 is 33.2 Å². The summed E-state index contributed by atoms with van der Waals surface area (Å²) in [6.45, 7) is 3.41. The third-order valence-electron chi connectivity index (χ3n) is 5.56. The molecule has 1 amide bonds. The Morgan fingerprint density at radius 3 is 2.77 bits per heavy atom. The molecule has 2 aromatic heterocycles. The van der Waals surface area contributed by atoms with Crippen LogP contribution in [0, 0.1) is 5.92 Å². The number of benzene rings is 2. The number of fused-ring (bicyclic) bond motifs is 1. The maximum atomic E-state index is 12.9. The minimum atomic E-state index is -0.394. The fourth-order valence-electron chi connectivity index (χ4n) is 3.87. The summed E-state index contributed by atoms with van der Waals surface area (Å²) in [4.78, 5) is 31.4. The van der Waals surface area contributed by atoms with Gasteiger partial charge in [0.15, 0.2) is 5.01 Å². The molecular weight excluding hydrogens is 412 g/mol. The highest BCUT2D eigenvalue weighted by atomic mass is 32.1. The molecule has 2 aromatic carbocycles. The van der Waals surface area contributed by atoms with Gasteiger partial charge in [-0.3, -0.25) is 9.59 Å². The van der Waals surface area contributed by atoms with Gasteiger partial charge in [0.2, 0.25) is 11.8 Å². The molecule has 0 radical (unpaired) electrons. The smallest absolute Gasteiger partial charge is 0.291 e. The number of amides is 1. The van der Waals surface area contributed by atoms with Crippen LogP contribution >= 0.6 is 11.3 Å². The molecule has 7 nitrogen and oxygen atoms in total. The van der Waals surface area contributed by atoms with E-state index in [-0.39, 0.29) is 17.7 Å². The second kappa shape index (κ2) is 8.03. The first-order valence-corrected chi connectivity index (χ1v) is 11.1. The maximum absolute atomic E-state index is 12.9. The highest BCUT2D eigenvalue weighted by Crippen LogP contribution is 2.29. The lowest BCUT2D eigenvalue weighted by Gasteiger charge is -2.12. The number of aromatic nitrogens is 3. The minimum Gasteiger partial charge on any atom is -0.418 e. The topological polar surface area (TPSA) is 89.2 Å². The molecule has 156 valence electrons. The van der Waals surface area contributed by atoms with Crippen LogP contribution in [0.4, 0.5) is 0 Å². The van der Waals surface area contributed by atoms with Crippen molar-refractivity contribution in [3.05, 3.63) is 65.3 Å². The van der Waals surface area contributed by atoms with Gasteiger partial charge < -0.3 is 9.32 Å². The quantitative estimate of drug-likeness (QED) is 0.428. The molecule has 0 saturated carbocycles. The van der Waals surface area contributed by atoms with Crippen molar-refractivity contribution in [2.45, 2.75) is 19.8 Å². The molecular formula is C23H20N4O3S. The molecule has 0 aliphatic carbocycles. The van der Waals surface area contributed by atoms with E-state index in [0.29, 0.717) is 23.9 Å². The van der Waals surface area contributed by atoms with Gasteiger partial charge >= 0.3 is 0 Å². The van der Waals surface area contributed by atoms with Crippen molar-refractivity contribution in [1.82, 2.24) is 20.1 Å². The zero-order valence-corrected chi connectivity index (χ0v) is 17.8. The highest BCUT2D eigenvalue weighted by Gasteiger charge is 2.32. The number of hydrogen-bond acceptors (Lipinski definition) is 7. The van der Waals surface area contributed by atoms with Crippen LogP contribution < -0.4 is 0 Å². The summed E-state index contributed by atoms with van der Waals surface area (Å²) in [5.74, 6) is -0.229. The molecule has 1 saturated heterocycles. The van der Waals surface area contributed by atoms with Gasteiger partial charge in [0, 0.05) is 25.4 Å². The number of carbonyl (C=O) groups is 2. The fraction of sp³-hybridized carbons (Fsp3) is 0.261. The first kappa shape index (κ1) is 19.6. The number of likely N-dealkylation sites (tertiary alicyclic amines) is 1. The van der Waals surface area contributed by atoms with E-state index in [1.807, 2.05) is 60.4 Å². The summed E-state index contributed by atoms with van der Waals surface area (Å²) in [6.07, 6.45) is 1.12. The molecule has 8 heteroatoms. The molecule has 1 unspecified atom stereocenters. The van der Waals surface area contributed by atoms with Crippen LogP contribution in [0.5, 0.6) is 0 Å². The van der Waals surface area contributed by atoms with E-state index < -0.39 is 5.78 Å². The van der Waals surface area contributed by atoms with Gasteiger partial charge in [-0.15, -0.1) is 21.5 Å². The molecule has 5 rings (SSSR count). The SMILES string of the molecule is CCN1CCC(Cc2nnc(C(=O)c3nc4ccc(-c5ccccc5)cc4s3)o2)C1=O. The zero-order valence-electron chi connectivity index (χ0n) is 16.9. The van der Waals surface area contributed by atoms with Crippen molar-refractivity contribution in [2.24, 2.45) is 5.92 Å². The number of rotatable bonds is 6. The lowest BCUT2D eigenvalue weighted by molar-refractivity contribution is -0.130. The number of ketones is 1. The second-order valence-electron chi connectivity index (χ2n) is 7.51. The summed E-state index contributed by atoms with van der Waals surface area (Å²) in [7, 11) is 0. The Bertz CT molecular complexity index is 1260. The summed E-state index contributed by atoms with van der Waals surface area (Å²) >= 11 is 1.31. The molecule has 1 atom stereocenters. The predicted molar refractivity (Wildman–Crippen MR) is 117 cm³/mol. The third kappa shape index (κ3) is 3.74. The Hall–Kier alpha value is -3.39. The van der Waals surface area contributed by atoms with Gasteiger partial charge in [0.25, 0.3) is 11.7 Å². The van der Waals surface area contributed by atoms with Crippen LogP contribution in [0.25, 0.3) is 21.3 Å². The van der Waals surface area contributed by atoms with Crippen LogP contribution in [0.15, 0.2) is 52.9 Å². The van der Waals surface area contributed by atoms with Crippen molar-refractivity contribution in [2.75, 3.05) is 13.1 Å². The van der Waals surface area contributed by atoms with Crippen LogP contribution in [0.1, 0.15) is 34.9 Å². The Labute approximate surface area is 182 Å². The lowest BCUT2D eigenvalue weighted by atomic mass is 10.0. The van der Waals surface area contributed by atoms with E-state index in [1.165, 1.54) is 11.3 Å². The Kier molecular flexibility index (Phi) is 5.07. The monoisotopic (exact) mass is 432 g/mol. The highest BCUT2D eigenvalue weighted by molar-refractivity contribution is 7.20. The summed E-state index contributed by atoms with van der Waals surface area (Å²) in [5, 5.41) is 8.21. The van der Waals surface area contributed by atoms with Crippen LogP contribution in [0.3, 0.4) is 0 Å². The predicted octanol–water partition coefficient (Wildman–Crippen LogP) is 3.99. The van der Waals surface area contributed by atoms with E-state index in [1.54, 1.807) is 0 Å². The lowest BCUT2D eigenvalue weighted by Crippen LogP contribution is -2.27. The fourth-order valence-corrected chi connectivity index (χ4v) is 4.81. The van der Waals surface area contributed by atoms with Crippen molar-refractivity contribution in [3.63, 3.8) is 0 Å². The normalized spacial score (nSPS) is 16.4. The summed E-state index contributed by atoms with van der Waals surface area (Å²) < 4.78 is 6.51. The standard InChI is InChI=1S/C23H20N4O3S/c1-2-27-11-10-16(23(27)29)13-19-25-26-21(30-19)20(28)22-24-17-9-8-15(12-18(17)31-22)14-6-4-3-5-7-14/h3-9,12,16H,2,10-11,13H2,1H3. The Morgan fingerprint density at radius 2 is 2.00 bits per heavy atom. The number of thiazole rings is 1. The number of nitrogens with zero attached hydrogens (tertiary/aromatic N) is 4. The van der Waals surface area contributed by atoms with Gasteiger partial charge in [-0.05, 0) is 36.6 Å². The Balaban J connectivity index is 1.35.